The largest absolute Gasteiger partial charge is 0.493 e. The Balaban J connectivity index is 1.89. The van der Waals surface area contributed by atoms with Crippen LogP contribution in [0.4, 0.5) is 0 Å². The van der Waals surface area contributed by atoms with Gasteiger partial charge in [0.1, 0.15) is 0 Å². The normalized spacial score (nSPS) is 16.8. The zero-order valence-corrected chi connectivity index (χ0v) is 17.1. The number of benzene rings is 2. The molecule has 1 aliphatic heterocycles. The van der Waals surface area contributed by atoms with E-state index in [1.54, 1.807) is 28.4 Å². The van der Waals surface area contributed by atoms with E-state index in [2.05, 4.69) is 5.32 Å². The summed E-state index contributed by atoms with van der Waals surface area (Å²) in [5.41, 5.74) is 3.13. The molecule has 0 spiro atoms. The van der Waals surface area contributed by atoms with Crippen LogP contribution in [0.5, 0.6) is 23.0 Å². The van der Waals surface area contributed by atoms with Gasteiger partial charge < -0.3 is 24.3 Å². The average Bonchev–Trinajstić information content (AvgIpc) is 2.76. The van der Waals surface area contributed by atoms with Crippen LogP contribution in [0.2, 0.25) is 0 Å². The molecule has 6 heteroatoms. The molecule has 0 unspecified atom stereocenters. The second-order valence-corrected chi connectivity index (χ2v) is 6.50. The number of carbonyl (C=O) groups excluding carboxylic acids is 1. The molecule has 2 aromatic carbocycles. The van der Waals surface area contributed by atoms with Crippen molar-refractivity contribution in [1.29, 1.82) is 0 Å². The lowest BCUT2D eigenvalue weighted by Crippen LogP contribution is -2.32. The van der Waals surface area contributed by atoms with Crippen molar-refractivity contribution in [3.05, 3.63) is 58.7 Å². The fourth-order valence-corrected chi connectivity index (χ4v) is 3.22. The first kappa shape index (κ1) is 20.5. The van der Waals surface area contributed by atoms with Crippen molar-refractivity contribution in [2.24, 2.45) is 0 Å². The van der Waals surface area contributed by atoms with E-state index in [0.29, 0.717) is 47.2 Å². The Morgan fingerprint density at radius 2 is 1.10 bits per heavy atom. The summed E-state index contributed by atoms with van der Waals surface area (Å²) in [6.45, 7) is 1.02. The van der Waals surface area contributed by atoms with Crippen LogP contribution in [-0.2, 0) is 4.79 Å². The highest BCUT2D eigenvalue weighted by molar-refractivity contribution is 6.14. The van der Waals surface area contributed by atoms with Gasteiger partial charge in [-0.25, -0.2) is 0 Å². The maximum absolute atomic E-state index is 13.0. The standard InChI is InChI=1S/C23H25NO5/c1-26-19-7-5-15(11-21(19)28-3)9-17-13-24-14-18(23(17)25)10-16-6-8-20(27-2)22(12-16)29-4/h5-12,24H,13-14H2,1-4H3/b17-9-,18-10+. The first-order valence-corrected chi connectivity index (χ1v) is 9.20. The number of nitrogens with one attached hydrogen (secondary N) is 1. The van der Waals surface area contributed by atoms with Gasteiger partial charge in [-0.15, -0.1) is 0 Å². The van der Waals surface area contributed by atoms with Gasteiger partial charge in [0.15, 0.2) is 28.8 Å². The third kappa shape index (κ3) is 4.60. The van der Waals surface area contributed by atoms with E-state index >= 15 is 0 Å². The van der Waals surface area contributed by atoms with Crippen molar-refractivity contribution < 1.29 is 23.7 Å². The van der Waals surface area contributed by atoms with Crippen molar-refractivity contribution in [2.75, 3.05) is 41.5 Å². The summed E-state index contributed by atoms with van der Waals surface area (Å²) in [5.74, 6) is 2.57. The van der Waals surface area contributed by atoms with Crippen LogP contribution in [0.25, 0.3) is 12.2 Å². The van der Waals surface area contributed by atoms with Crippen molar-refractivity contribution in [2.45, 2.75) is 0 Å². The van der Waals surface area contributed by atoms with E-state index in [1.165, 1.54) is 0 Å². The van der Waals surface area contributed by atoms with E-state index < -0.39 is 0 Å². The summed E-state index contributed by atoms with van der Waals surface area (Å²) in [4.78, 5) is 13.0. The Morgan fingerprint density at radius 1 is 0.690 bits per heavy atom. The molecule has 0 bridgehead atoms. The smallest absolute Gasteiger partial charge is 0.187 e. The summed E-state index contributed by atoms with van der Waals surface area (Å²) in [5, 5.41) is 3.29. The average molecular weight is 395 g/mol. The van der Waals surface area contributed by atoms with Crippen molar-refractivity contribution in [3.63, 3.8) is 0 Å². The molecule has 152 valence electrons. The fourth-order valence-electron chi connectivity index (χ4n) is 3.22. The monoisotopic (exact) mass is 395 g/mol. The lowest BCUT2D eigenvalue weighted by molar-refractivity contribution is -0.112. The van der Waals surface area contributed by atoms with Gasteiger partial charge in [0.05, 0.1) is 28.4 Å². The van der Waals surface area contributed by atoms with Crippen molar-refractivity contribution in [1.82, 2.24) is 5.32 Å². The highest BCUT2D eigenvalue weighted by Gasteiger charge is 2.20. The molecule has 0 atom stereocenters. The number of hydrogen-bond donors (Lipinski definition) is 1. The highest BCUT2D eigenvalue weighted by Crippen LogP contribution is 2.30. The van der Waals surface area contributed by atoms with Gasteiger partial charge in [0.2, 0.25) is 0 Å². The summed E-state index contributed by atoms with van der Waals surface area (Å²) < 4.78 is 21.2. The SMILES string of the molecule is COc1ccc(/C=C2/CNC/C(=C\c3ccc(OC)c(OC)c3)C2=O)cc1OC. The third-order valence-corrected chi connectivity index (χ3v) is 4.71. The Bertz CT molecular complexity index is 886. The molecule has 29 heavy (non-hydrogen) atoms. The number of piperidine rings is 1. The number of carbonyl (C=O) groups is 1. The molecule has 0 saturated carbocycles. The lowest BCUT2D eigenvalue weighted by Gasteiger charge is -2.18. The first-order valence-electron chi connectivity index (χ1n) is 9.20. The van der Waals surface area contributed by atoms with Crippen molar-refractivity contribution in [3.8, 4) is 23.0 Å². The Kier molecular flexibility index (Phi) is 6.57. The molecular formula is C23H25NO5. The minimum Gasteiger partial charge on any atom is -0.493 e. The van der Waals surface area contributed by atoms with Crippen LogP contribution in [0.15, 0.2) is 47.5 Å². The summed E-state index contributed by atoms with van der Waals surface area (Å²) in [6.07, 6.45) is 3.75. The van der Waals surface area contributed by atoms with Crippen LogP contribution >= 0.6 is 0 Å². The zero-order valence-electron chi connectivity index (χ0n) is 17.1. The minimum absolute atomic E-state index is 0.0216. The molecule has 0 amide bonds. The topological polar surface area (TPSA) is 66.0 Å². The molecule has 3 rings (SSSR count). The highest BCUT2D eigenvalue weighted by atomic mass is 16.5. The Morgan fingerprint density at radius 3 is 1.48 bits per heavy atom. The molecule has 0 radical (unpaired) electrons. The number of ketones is 1. The minimum atomic E-state index is 0.0216. The molecule has 6 nitrogen and oxygen atoms in total. The number of ether oxygens (including phenoxy) is 4. The van der Waals surface area contributed by atoms with Crippen LogP contribution in [0.3, 0.4) is 0 Å². The molecule has 0 aromatic heterocycles. The molecule has 1 N–H and O–H groups in total. The van der Waals surface area contributed by atoms with E-state index in [-0.39, 0.29) is 5.78 Å². The quantitative estimate of drug-likeness (QED) is 0.757. The van der Waals surface area contributed by atoms with E-state index in [0.717, 1.165) is 11.1 Å². The van der Waals surface area contributed by atoms with Gasteiger partial charge in [0, 0.05) is 24.2 Å². The maximum Gasteiger partial charge on any atom is 0.187 e. The van der Waals surface area contributed by atoms with Crippen LogP contribution < -0.4 is 24.3 Å². The van der Waals surface area contributed by atoms with E-state index in [9.17, 15) is 4.79 Å². The van der Waals surface area contributed by atoms with Gasteiger partial charge >= 0.3 is 0 Å². The summed E-state index contributed by atoms with van der Waals surface area (Å²) in [6, 6.07) is 11.2. The Hall–Kier alpha value is -3.25. The molecule has 2 aromatic rings. The zero-order chi connectivity index (χ0) is 20.8. The first-order chi connectivity index (χ1) is 14.1. The molecule has 1 heterocycles. The van der Waals surface area contributed by atoms with Gasteiger partial charge in [-0.3, -0.25) is 4.79 Å². The van der Waals surface area contributed by atoms with Crippen LogP contribution in [0, 0.1) is 0 Å². The van der Waals surface area contributed by atoms with Crippen molar-refractivity contribution >= 4 is 17.9 Å². The molecular weight excluding hydrogens is 370 g/mol. The van der Waals surface area contributed by atoms with E-state index in [4.69, 9.17) is 18.9 Å². The Labute approximate surface area is 170 Å². The third-order valence-electron chi connectivity index (χ3n) is 4.71. The molecule has 1 fully saturated rings. The number of methoxy groups -OCH3 is 4. The number of rotatable bonds is 6. The number of Topliss-reactive ketones (excluding diaryl/α,β-unsaturated/α-hetero) is 1. The van der Waals surface area contributed by atoms with Gasteiger partial charge in [0.25, 0.3) is 0 Å². The van der Waals surface area contributed by atoms with E-state index in [1.807, 2.05) is 48.6 Å². The molecule has 1 aliphatic rings. The number of hydrogen-bond acceptors (Lipinski definition) is 6. The lowest BCUT2D eigenvalue weighted by atomic mass is 9.95. The predicted octanol–water partition coefficient (Wildman–Crippen LogP) is 3.36. The second kappa shape index (κ2) is 9.30. The molecule has 0 aliphatic carbocycles. The fraction of sp³-hybridized carbons (Fsp3) is 0.261. The second-order valence-electron chi connectivity index (χ2n) is 6.50. The van der Waals surface area contributed by atoms with Crippen LogP contribution in [-0.4, -0.2) is 47.3 Å². The van der Waals surface area contributed by atoms with Gasteiger partial charge in [-0.1, -0.05) is 12.1 Å². The van der Waals surface area contributed by atoms with Gasteiger partial charge in [-0.05, 0) is 47.5 Å². The van der Waals surface area contributed by atoms with Crippen LogP contribution in [0.1, 0.15) is 11.1 Å². The predicted molar refractivity (Wildman–Crippen MR) is 113 cm³/mol. The van der Waals surface area contributed by atoms with Gasteiger partial charge in [-0.2, -0.15) is 0 Å². The summed E-state index contributed by atoms with van der Waals surface area (Å²) in [7, 11) is 6.36. The maximum atomic E-state index is 13.0. The molecule has 1 saturated heterocycles. The summed E-state index contributed by atoms with van der Waals surface area (Å²) >= 11 is 0.